The predicted molar refractivity (Wildman–Crippen MR) is 45.2 cm³/mol. The Balaban J connectivity index is 2.33. The van der Waals surface area contributed by atoms with E-state index in [0.29, 0.717) is 0 Å². The van der Waals surface area contributed by atoms with E-state index < -0.39 is 0 Å². The average molecular weight is 162 g/mol. The maximum atomic E-state index is 10.7. The van der Waals surface area contributed by atoms with Crippen LogP contribution in [-0.2, 0) is 9.53 Å². The fourth-order valence-corrected chi connectivity index (χ4v) is 1.59. The topological polar surface area (TPSA) is 26.3 Å². The van der Waals surface area contributed by atoms with Crippen LogP contribution in [0.5, 0.6) is 0 Å². The Hall–Kier alpha value is -1.31. The fraction of sp³-hybridized carbons (Fsp3) is 0.300. The largest absolute Gasteiger partial charge is 0.472 e. The van der Waals surface area contributed by atoms with Gasteiger partial charge in [-0.15, -0.1) is 0 Å². The second-order valence-corrected chi connectivity index (χ2v) is 2.99. The highest BCUT2D eigenvalue weighted by Crippen LogP contribution is 2.31. The van der Waals surface area contributed by atoms with Gasteiger partial charge in [0.05, 0.1) is 12.5 Å². The molecule has 1 unspecified atom stereocenters. The molecule has 12 heavy (non-hydrogen) atoms. The van der Waals surface area contributed by atoms with Crippen molar-refractivity contribution in [3.8, 4) is 0 Å². The Morgan fingerprint density at radius 2 is 2.50 bits per heavy atom. The molecule has 1 aliphatic carbocycles. The molecule has 0 radical (unpaired) electrons. The van der Waals surface area contributed by atoms with Crippen molar-refractivity contribution in [2.45, 2.75) is 12.8 Å². The van der Waals surface area contributed by atoms with Crippen molar-refractivity contribution in [2.75, 3.05) is 0 Å². The molecule has 1 heterocycles. The van der Waals surface area contributed by atoms with Gasteiger partial charge in [0.1, 0.15) is 6.29 Å². The molecule has 0 N–H and O–H groups in total. The molecule has 0 saturated heterocycles. The van der Waals surface area contributed by atoms with E-state index in [-0.39, 0.29) is 5.92 Å². The van der Waals surface area contributed by atoms with E-state index >= 15 is 0 Å². The molecular weight excluding hydrogens is 152 g/mol. The molecule has 0 bridgehead atoms. The first kappa shape index (κ1) is 7.35. The summed E-state index contributed by atoms with van der Waals surface area (Å²) in [5.74, 6) is 0.0370. The van der Waals surface area contributed by atoms with E-state index in [1.165, 1.54) is 0 Å². The Morgan fingerprint density at radius 3 is 3.33 bits per heavy atom. The van der Waals surface area contributed by atoms with Gasteiger partial charge in [0.2, 0.25) is 0 Å². The van der Waals surface area contributed by atoms with Crippen LogP contribution in [0.2, 0.25) is 0 Å². The van der Waals surface area contributed by atoms with E-state index in [2.05, 4.69) is 6.08 Å². The van der Waals surface area contributed by atoms with Crippen molar-refractivity contribution in [1.29, 1.82) is 0 Å². The zero-order valence-electron chi connectivity index (χ0n) is 6.69. The first-order valence-electron chi connectivity index (χ1n) is 4.09. The van der Waals surface area contributed by atoms with Gasteiger partial charge in [-0.3, -0.25) is 0 Å². The number of hydrogen-bond acceptors (Lipinski definition) is 2. The second-order valence-electron chi connectivity index (χ2n) is 2.99. The van der Waals surface area contributed by atoms with E-state index in [1.54, 1.807) is 12.5 Å². The van der Waals surface area contributed by atoms with Gasteiger partial charge in [-0.05, 0) is 24.5 Å². The average Bonchev–Trinajstić information content (AvgIpc) is 2.17. The van der Waals surface area contributed by atoms with Crippen LogP contribution in [0.25, 0.3) is 0 Å². The van der Waals surface area contributed by atoms with E-state index in [0.717, 1.165) is 30.3 Å². The molecule has 62 valence electrons. The first-order valence-corrected chi connectivity index (χ1v) is 4.09. The lowest BCUT2D eigenvalue weighted by atomic mass is 9.85. The Kier molecular flexibility index (Phi) is 1.82. The normalized spacial score (nSPS) is 26.5. The summed E-state index contributed by atoms with van der Waals surface area (Å²) in [4.78, 5) is 10.7. The number of ether oxygens (including phenoxy) is 1. The standard InChI is InChI=1S/C10H10O2/c11-6-9-3-1-2-8-4-5-12-7-10(8)9/h2,4-7,9H,1,3H2. The van der Waals surface area contributed by atoms with Gasteiger partial charge in [0, 0.05) is 11.5 Å². The molecular formula is C10H10O2. The summed E-state index contributed by atoms with van der Waals surface area (Å²) in [5.41, 5.74) is 2.17. The second kappa shape index (κ2) is 2.97. The summed E-state index contributed by atoms with van der Waals surface area (Å²) in [6.07, 6.45) is 10.3. The van der Waals surface area contributed by atoms with Crippen molar-refractivity contribution in [3.05, 3.63) is 35.8 Å². The van der Waals surface area contributed by atoms with Crippen molar-refractivity contribution >= 4 is 6.29 Å². The van der Waals surface area contributed by atoms with Crippen LogP contribution in [0.3, 0.4) is 0 Å². The Bertz CT molecular complexity index is 284. The molecule has 0 aromatic carbocycles. The smallest absolute Gasteiger partial charge is 0.127 e. The number of carbonyl (C=O) groups excluding carboxylic acids is 1. The van der Waals surface area contributed by atoms with Gasteiger partial charge in [-0.1, -0.05) is 6.08 Å². The minimum atomic E-state index is 0.0370. The Labute approximate surface area is 71.2 Å². The van der Waals surface area contributed by atoms with Crippen molar-refractivity contribution in [2.24, 2.45) is 5.92 Å². The van der Waals surface area contributed by atoms with Crippen LogP contribution in [-0.4, -0.2) is 6.29 Å². The van der Waals surface area contributed by atoms with Gasteiger partial charge in [0.15, 0.2) is 0 Å². The summed E-state index contributed by atoms with van der Waals surface area (Å²) in [6, 6.07) is 0. The summed E-state index contributed by atoms with van der Waals surface area (Å²) < 4.78 is 5.03. The third-order valence-corrected chi connectivity index (χ3v) is 2.26. The zero-order valence-corrected chi connectivity index (χ0v) is 6.69. The van der Waals surface area contributed by atoms with Crippen LogP contribution in [0.4, 0.5) is 0 Å². The maximum Gasteiger partial charge on any atom is 0.127 e. The highest BCUT2D eigenvalue weighted by molar-refractivity contribution is 5.64. The molecule has 0 aromatic heterocycles. The molecule has 2 aliphatic rings. The first-order chi connectivity index (χ1) is 5.92. The summed E-state index contributed by atoms with van der Waals surface area (Å²) >= 11 is 0. The lowest BCUT2D eigenvalue weighted by Crippen LogP contribution is -2.13. The van der Waals surface area contributed by atoms with Crippen molar-refractivity contribution in [1.82, 2.24) is 0 Å². The lowest BCUT2D eigenvalue weighted by molar-refractivity contribution is -0.110. The number of fused-ring (bicyclic) bond motifs is 1. The minimum absolute atomic E-state index is 0.0370. The molecule has 2 heteroatoms. The third kappa shape index (κ3) is 1.09. The van der Waals surface area contributed by atoms with Crippen LogP contribution < -0.4 is 0 Å². The number of carbonyl (C=O) groups is 1. The highest BCUT2D eigenvalue weighted by Gasteiger charge is 2.21. The summed E-state index contributed by atoms with van der Waals surface area (Å²) in [6.45, 7) is 0. The molecule has 0 spiro atoms. The third-order valence-electron chi connectivity index (χ3n) is 2.26. The van der Waals surface area contributed by atoms with Gasteiger partial charge < -0.3 is 9.53 Å². The molecule has 0 aromatic rings. The lowest BCUT2D eigenvalue weighted by Gasteiger charge is -2.21. The predicted octanol–water partition coefficient (Wildman–Crippen LogP) is 1.95. The number of rotatable bonds is 1. The van der Waals surface area contributed by atoms with Gasteiger partial charge in [-0.2, -0.15) is 0 Å². The maximum absolute atomic E-state index is 10.7. The monoisotopic (exact) mass is 162 g/mol. The molecule has 0 saturated carbocycles. The van der Waals surface area contributed by atoms with Crippen molar-refractivity contribution < 1.29 is 9.53 Å². The molecule has 1 aliphatic heterocycles. The van der Waals surface area contributed by atoms with E-state index in [1.807, 2.05) is 6.08 Å². The molecule has 2 rings (SSSR count). The minimum Gasteiger partial charge on any atom is -0.472 e. The molecule has 0 fully saturated rings. The van der Waals surface area contributed by atoms with Gasteiger partial charge in [-0.25, -0.2) is 0 Å². The van der Waals surface area contributed by atoms with Crippen LogP contribution >= 0.6 is 0 Å². The number of allylic oxidation sites excluding steroid dienone is 4. The quantitative estimate of drug-likeness (QED) is 0.551. The van der Waals surface area contributed by atoms with E-state index in [4.69, 9.17) is 4.74 Å². The van der Waals surface area contributed by atoms with Crippen LogP contribution in [0, 0.1) is 5.92 Å². The Morgan fingerprint density at radius 1 is 1.58 bits per heavy atom. The molecule has 2 nitrogen and oxygen atoms in total. The highest BCUT2D eigenvalue weighted by atomic mass is 16.5. The summed E-state index contributed by atoms with van der Waals surface area (Å²) in [7, 11) is 0. The SMILES string of the molecule is O=CC1CCC=C2C=COC=C21. The van der Waals surface area contributed by atoms with Crippen molar-refractivity contribution in [3.63, 3.8) is 0 Å². The van der Waals surface area contributed by atoms with E-state index in [9.17, 15) is 4.79 Å². The number of hydrogen-bond donors (Lipinski definition) is 0. The zero-order chi connectivity index (χ0) is 8.39. The number of aldehydes is 1. The van der Waals surface area contributed by atoms with Gasteiger partial charge >= 0.3 is 0 Å². The summed E-state index contributed by atoms with van der Waals surface area (Å²) in [5, 5.41) is 0. The fourth-order valence-electron chi connectivity index (χ4n) is 1.59. The van der Waals surface area contributed by atoms with Crippen LogP contribution in [0.15, 0.2) is 35.8 Å². The molecule has 0 amide bonds. The molecule has 1 atom stereocenters. The van der Waals surface area contributed by atoms with Crippen LogP contribution in [0.1, 0.15) is 12.8 Å². The van der Waals surface area contributed by atoms with Gasteiger partial charge in [0.25, 0.3) is 0 Å².